The molecule has 81 heavy (non-hydrogen) atoms. The van der Waals surface area contributed by atoms with Crippen LogP contribution in [0.25, 0.3) is 0 Å². The van der Waals surface area contributed by atoms with E-state index in [9.17, 15) is 35.1 Å². The first kappa shape index (κ1) is 76.4. The van der Waals surface area contributed by atoms with Crippen molar-refractivity contribution in [3.8, 4) is 0 Å². The number of aliphatic hydroxyl groups is 5. The summed E-state index contributed by atoms with van der Waals surface area (Å²) in [5, 5.41) is 57.1. The number of hydrogen-bond acceptors (Lipinski definition) is 10. The van der Waals surface area contributed by atoms with E-state index >= 15 is 0 Å². The fourth-order valence-corrected chi connectivity index (χ4v) is 10.7. The molecule has 1 aliphatic rings. The van der Waals surface area contributed by atoms with Crippen molar-refractivity contribution >= 4 is 11.9 Å². The molecule has 0 radical (unpaired) electrons. The second-order valence-corrected chi connectivity index (χ2v) is 23.6. The van der Waals surface area contributed by atoms with Gasteiger partial charge in [0.2, 0.25) is 5.91 Å². The van der Waals surface area contributed by atoms with Crippen LogP contribution in [0.2, 0.25) is 0 Å². The van der Waals surface area contributed by atoms with Crippen LogP contribution in [0.4, 0.5) is 0 Å². The Morgan fingerprint density at radius 1 is 0.494 bits per heavy atom. The zero-order valence-corrected chi connectivity index (χ0v) is 52.4. The number of esters is 1. The van der Waals surface area contributed by atoms with E-state index in [1.165, 1.54) is 199 Å². The summed E-state index contributed by atoms with van der Waals surface area (Å²) in [5.41, 5.74) is 0. The maximum Gasteiger partial charge on any atom is 0.306 e. The van der Waals surface area contributed by atoms with Gasteiger partial charge in [0.15, 0.2) is 12.4 Å². The summed E-state index contributed by atoms with van der Waals surface area (Å²) >= 11 is 0. The highest BCUT2D eigenvalue weighted by Gasteiger charge is 2.47. The van der Waals surface area contributed by atoms with Gasteiger partial charge in [0.25, 0.3) is 0 Å². The predicted octanol–water partition coefficient (Wildman–Crippen LogP) is 17.0. The molecule has 0 bridgehead atoms. The standard InChI is InChI=1S/C70H127NO10/c1-4-7-10-13-16-19-22-25-26-27-28-29-30-31-32-33-34-35-36-37-40-42-45-48-51-54-57-63(74)69(78)71-61(62(73)56-53-50-47-44-41-38-23-20-17-14-11-8-5-2)60-79-70-68(67(77)66(76)64(59-72)80-70)81-65(75)58-55-52-49-46-43-39-24-21-18-15-12-9-6-3/h9,12,15,18,21,24,39,43,53,56,61-64,66-68,70,72-74,76-77H,4-8,10-11,13-14,16-17,19-20,22-23,25-38,40-42,44-52,54-55,57-60H2,1-3H3,(H,71,78)/b12-9+,18-15+,24-21-,43-39-,56-53+. The second kappa shape index (κ2) is 57.8. The van der Waals surface area contributed by atoms with Crippen molar-refractivity contribution in [2.45, 2.75) is 359 Å². The predicted molar refractivity (Wildman–Crippen MR) is 338 cm³/mol. The van der Waals surface area contributed by atoms with Crippen LogP contribution in [-0.4, -0.2) is 99.6 Å². The second-order valence-electron chi connectivity index (χ2n) is 23.6. The van der Waals surface area contributed by atoms with E-state index in [0.29, 0.717) is 19.3 Å². The summed E-state index contributed by atoms with van der Waals surface area (Å²) in [6.07, 6.45) is 62.9. The third-order valence-electron chi connectivity index (χ3n) is 16.0. The lowest BCUT2D eigenvalue weighted by Gasteiger charge is -2.41. The molecule has 0 spiro atoms. The van der Waals surface area contributed by atoms with Crippen molar-refractivity contribution in [2.75, 3.05) is 13.2 Å². The van der Waals surface area contributed by atoms with Gasteiger partial charge in [-0.05, 0) is 44.9 Å². The molecule has 1 aliphatic heterocycles. The van der Waals surface area contributed by atoms with Gasteiger partial charge in [0.1, 0.15) is 24.4 Å². The molecule has 1 rings (SSSR count). The van der Waals surface area contributed by atoms with Crippen LogP contribution in [0, 0.1) is 0 Å². The highest BCUT2D eigenvalue weighted by molar-refractivity contribution is 5.80. The van der Waals surface area contributed by atoms with Crippen molar-refractivity contribution in [1.82, 2.24) is 5.32 Å². The quantitative estimate of drug-likeness (QED) is 0.0149. The molecule has 0 aromatic carbocycles. The van der Waals surface area contributed by atoms with E-state index in [0.717, 1.165) is 64.2 Å². The number of rotatable bonds is 58. The molecular formula is C70H127NO10. The number of aliphatic hydroxyl groups excluding tert-OH is 5. The zero-order valence-electron chi connectivity index (χ0n) is 52.4. The number of nitrogens with one attached hydrogen (secondary N) is 1. The van der Waals surface area contributed by atoms with Crippen molar-refractivity contribution in [3.05, 3.63) is 60.8 Å². The molecule has 1 fully saturated rings. The minimum atomic E-state index is -1.63. The van der Waals surface area contributed by atoms with E-state index in [4.69, 9.17) is 14.2 Å². The van der Waals surface area contributed by atoms with E-state index in [2.05, 4.69) is 38.2 Å². The molecule has 0 aliphatic carbocycles. The Labute approximate surface area is 497 Å². The topological polar surface area (TPSA) is 175 Å². The average molecular weight is 1140 g/mol. The monoisotopic (exact) mass is 1140 g/mol. The number of allylic oxidation sites excluding steroid dienone is 9. The molecule has 6 N–H and O–H groups in total. The van der Waals surface area contributed by atoms with E-state index in [1.807, 2.05) is 42.5 Å². The Morgan fingerprint density at radius 3 is 1.33 bits per heavy atom. The number of hydrogen-bond donors (Lipinski definition) is 6. The maximum absolute atomic E-state index is 13.5. The van der Waals surface area contributed by atoms with Crippen LogP contribution in [0.15, 0.2) is 60.8 Å². The van der Waals surface area contributed by atoms with Crippen molar-refractivity contribution in [2.24, 2.45) is 0 Å². The fraction of sp³-hybridized carbons (Fsp3) is 0.829. The first-order valence-electron chi connectivity index (χ1n) is 34.1. The van der Waals surface area contributed by atoms with Crippen LogP contribution in [0.3, 0.4) is 0 Å². The van der Waals surface area contributed by atoms with Gasteiger partial charge in [-0.2, -0.15) is 0 Å². The Kier molecular flexibility index (Phi) is 54.5. The lowest BCUT2D eigenvalue weighted by atomic mass is 9.99. The molecule has 1 saturated heterocycles. The summed E-state index contributed by atoms with van der Waals surface area (Å²) < 4.78 is 17.6. The van der Waals surface area contributed by atoms with Gasteiger partial charge < -0.3 is 45.1 Å². The molecule has 1 heterocycles. The number of carbonyl (C=O) groups is 2. The van der Waals surface area contributed by atoms with Gasteiger partial charge in [0.05, 0.1) is 25.4 Å². The number of carbonyl (C=O) groups excluding carboxylic acids is 2. The lowest BCUT2D eigenvalue weighted by Crippen LogP contribution is -2.61. The molecular weight excluding hydrogens is 1010 g/mol. The first-order chi connectivity index (χ1) is 39.7. The molecule has 1 amide bonds. The van der Waals surface area contributed by atoms with Crippen LogP contribution in [0.1, 0.15) is 310 Å². The minimum absolute atomic E-state index is 0.0774. The number of amides is 1. The maximum atomic E-state index is 13.5. The highest BCUT2D eigenvalue weighted by Crippen LogP contribution is 2.26. The first-order valence-corrected chi connectivity index (χ1v) is 34.1. The summed E-state index contributed by atoms with van der Waals surface area (Å²) in [6, 6.07) is -1.03. The summed E-state index contributed by atoms with van der Waals surface area (Å²) in [5.74, 6) is -1.23. The number of ether oxygens (including phenoxy) is 3. The SMILES string of the molecule is CC/C=C/C=C/C=C\C=C/CCCCCC(=O)OC1C(OCC(NC(=O)C(O)CCCCCCCCCCCCCCCCCCCCCCCCCCCC)C(O)/C=C/CCCCCCCCCCCCC)OC(CO)C(O)C1O. The Hall–Kier alpha value is -2.64. The molecule has 0 saturated carbocycles. The van der Waals surface area contributed by atoms with Crippen molar-refractivity contribution < 1.29 is 49.3 Å². The average Bonchev–Trinajstić information content (AvgIpc) is 3.50. The normalized spacial score (nSPS) is 19.0. The van der Waals surface area contributed by atoms with Crippen LogP contribution in [0.5, 0.6) is 0 Å². The largest absolute Gasteiger partial charge is 0.454 e. The van der Waals surface area contributed by atoms with Gasteiger partial charge in [-0.3, -0.25) is 9.59 Å². The van der Waals surface area contributed by atoms with Gasteiger partial charge in [-0.15, -0.1) is 0 Å². The van der Waals surface area contributed by atoms with E-state index in [1.54, 1.807) is 6.08 Å². The molecule has 0 aromatic heterocycles. The Balaban J connectivity index is 2.57. The molecule has 8 atom stereocenters. The van der Waals surface area contributed by atoms with E-state index in [-0.39, 0.29) is 13.0 Å². The third kappa shape index (κ3) is 45.4. The minimum Gasteiger partial charge on any atom is -0.454 e. The van der Waals surface area contributed by atoms with E-state index < -0.39 is 67.4 Å². The number of unbranched alkanes of at least 4 members (excludes halogenated alkanes) is 39. The Morgan fingerprint density at radius 2 is 0.889 bits per heavy atom. The van der Waals surface area contributed by atoms with Gasteiger partial charge >= 0.3 is 5.97 Å². The zero-order chi connectivity index (χ0) is 58.9. The van der Waals surface area contributed by atoms with Crippen molar-refractivity contribution in [1.29, 1.82) is 0 Å². The van der Waals surface area contributed by atoms with Gasteiger partial charge in [-0.25, -0.2) is 0 Å². The van der Waals surface area contributed by atoms with Crippen molar-refractivity contribution in [3.63, 3.8) is 0 Å². The summed E-state index contributed by atoms with van der Waals surface area (Å²) in [4.78, 5) is 26.6. The molecule has 8 unspecified atom stereocenters. The lowest BCUT2D eigenvalue weighted by molar-refractivity contribution is -0.305. The Bertz CT molecular complexity index is 1550. The van der Waals surface area contributed by atoms with Crippen LogP contribution in [-0.2, 0) is 23.8 Å². The van der Waals surface area contributed by atoms with Gasteiger partial charge in [0, 0.05) is 6.42 Å². The van der Waals surface area contributed by atoms with Crippen LogP contribution >= 0.6 is 0 Å². The van der Waals surface area contributed by atoms with Gasteiger partial charge in [-0.1, -0.05) is 319 Å². The molecule has 11 heteroatoms. The fourth-order valence-electron chi connectivity index (χ4n) is 10.7. The molecule has 11 nitrogen and oxygen atoms in total. The summed E-state index contributed by atoms with van der Waals surface area (Å²) in [7, 11) is 0. The van der Waals surface area contributed by atoms with Crippen LogP contribution < -0.4 is 5.32 Å². The highest BCUT2D eigenvalue weighted by atomic mass is 16.7. The third-order valence-corrected chi connectivity index (χ3v) is 16.0. The smallest absolute Gasteiger partial charge is 0.306 e. The molecule has 472 valence electrons. The summed E-state index contributed by atoms with van der Waals surface area (Å²) in [6.45, 7) is 5.66. The molecule has 0 aromatic rings.